The van der Waals surface area contributed by atoms with E-state index in [0.717, 1.165) is 55.8 Å². The molecule has 0 bridgehead atoms. The average molecular weight is 402 g/mol. The molecular formula is C22H25F3N4. The number of aromatic amines is 1. The number of hydrogen-bond acceptors (Lipinski definition) is 3. The Morgan fingerprint density at radius 1 is 0.897 bits per heavy atom. The molecular weight excluding hydrogens is 377 g/mol. The molecule has 0 atom stereocenters. The maximum atomic E-state index is 12.9. The maximum Gasteiger partial charge on any atom is 0.435 e. The van der Waals surface area contributed by atoms with Gasteiger partial charge in [0.05, 0.1) is 11.4 Å². The zero-order chi connectivity index (χ0) is 20.9. The monoisotopic (exact) mass is 402 g/mol. The van der Waals surface area contributed by atoms with Crippen LogP contribution in [0.1, 0.15) is 56.5 Å². The van der Waals surface area contributed by atoms with Crippen molar-refractivity contribution in [3.8, 4) is 22.8 Å². The molecule has 0 aliphatic rings. The third kappa shape index (κ3) is 5.43. The molecule has 3 rings (SSSR count). The Labute approximate surface area is 168 Å². The molecule has 0 saturated heterocycles. The molecule has 29 heavy (non-hydrogen) atoms. The Bertz CT molecular complexity index is 930. The van der Waals surface area contributed by atoms with Gasteiger partial charge in [-0.25, -0.2) is 9.97 Å². The summed E-state index contributed by atoms with van der Waals surface area (Å²) in [5.74, 6) is 0.513. The second-order valence-corrected chi connectivity index (χ2v) is 7.14. The molecule has 0 amide bonds. The summed E-state index contributed by atoms with van der Waals surface area (Å²) in [6.07, 6.45) is 1.49. The van der Waals surface area contributed by atoms with Crippen LogP contribution >= 0.6 is 0 Å². The van der Waals surface area contributed by atoms with Gasteiger partial charge in [0, 0.05) is 11.3 Å². The van der Waals surface area contributed by atoms with E-state index in [-0.39, 0.29) is 5.69 Å². The topological polar surface area (TPSA) is 54.5 Å². The van der Waals surface area contributed by atoms with Crippen molar-refractivity contribution in [3.63, 3.8) is 0 Å². The summed E-state index contributed by atoms with van der Waals surface area (Å²) in [5.41, 5.74) is 2.60. The van der Waals surface area contributed by atoms with E-state index in [9.17, 15) is 13.2 Å². The van der Waals surface area contributed by atoms with Gasteiger partial charge in [0.25, 0.3) is 0 Å². The minimum absolute atomic E-state index is 0.235. The Balaban J connectivity index is 1.96. The van der Waals surface area contributed by atoms with Gasteiger partial charge >= 0.3 is 6.18 Å². The molecule has 1 aromatic carbocycles. The first kappa shape index (κ1) is 21.0. The van der Waals surface area contributed by atoms with Gasteiger partial charge in [-0.05, 0) is 43.4 Å². The number of nitrogens with zero attached hydrogens (tertiary/aromatic N) is 3. The van der Waals surface area contributed by atoms with Gasteiger partial charge in [0.15, 0.2) is 11.5 Å². The average Bonchev–Trinajstić information content (AvgIpc) is 3.22. The van der Waals surface area contributed by atoms with Crippen LogP contribution in [0.4, 0.5) is 13.2 Å². The Hall–Kier alpha value is -2.70. The lowest BCUT2D eigenvalue weighted by molar-refractivity contribution is -0.141. The first-order valence-corrected chi connectivity index (χ1v) is 10.0. The minimum Gasteiger partial charge on any atom is -0.276 e. The van der Waals surface area contributed by atoms with Crippen LogP contribution < -0.4 is 0 Å². The van der Waals surface area contributed by atoms with Crippen LogP contribution in [0.5, 0.6) is 0 Å². The third-order valence-corrected chi connectivity index (χ3v) is 4.74. The van der Waals surface area contributed by atoms with E-state index in [1.807, 2.05) is 12.1 Å². The number of benzene rings is 1. The standard InChI is InChI=1S/C22H25F3N4/c1-3-5-7-15-9-11-16(12-10-15)21-26-17(8-6-4-2)13-18(27-21)19-14-20(29-28-19)22(23,24)25/h9-14H,3-8H2,1-2H3,(H,28,29). The Morgan fingerprint density at radius 2 is 1.59 bits per heavy atom. The second kappa shape index (κ2) is 9.20. The largest absolute Gasteiger partial charge is 0.435 e. The fourth-order valence-electron chi connectivity index (χ4n) is 3.05. The van der Waals surface area contributed by atoms with Gasteiger partial charge in [0.1, 0.15) is 0 Å². The SMILES string of the molecule is CCCCc1ccc(-c2nc(CCCC)cc(-c3cc(C(F)(F)F)n[nH]3)n2)cc1. The predicted molar refractivity (Wildman–Crippen MR) is 107 cm³/mol. The Kier molecular flexibility index (Phi) is 6.67. The molecule has 3 aromatic rings. The molecule has 154 valence electrons. The quantitative estimate of drug-likeness (QED) is 0.485. The molecule has 0 unspecified atom stereocenters. The van der Waals surface area contributed by atoms with Crippen molar-refractivity contribution in [2.24, 2.45) is 0 Å². The highest BCUT2D eigenvalue weighted by atomic mass is 19.4. The van der Waals surface area contributed by atoms with Crippen molar-refractivity contribution in [1.29, 1.82) is 0 Å². The molecule has 0 aliphatic heterocycles. The van der Waals surface area contributed by atoms with Gasteiger partial charge in [-0.2, -0.15) is 18.3 Å². The highest BCUT2D eigenvalue weighted by molar-refractivity contribution is 5.62. The number of hydrogen-bond donors (Lipinski definition) is 1. The van der Waals surface area contributed by atoms with Gasteiger partial charge in [-0.1, -0.05) is 51.0 Å². The van der Waals surface area contributed by atoms with Gasteiger partial charge < -0.3 is 0 Å². The number of nitrogens with one attached hydrogen (secondary N) is 1. The van der Waals surface area contributed by atoms with Crippen LogP contribution in [0.2, 0.25) is 0 Å². The minimum atomic E-state index is -4.50. The third-order valence-electron chi connectivity index (χ3n) is 4.74. The molecule has 0 spiro atoms. The molecule has 0 radical (unpaired) electrons. The second-order valence-electron chi connectivity index (χ2n) is 7.14. The van der Waals surface area contributed by atoms with Crippen molar-refractivity contribution >= 4 is 0 Å². The molecule has 1 N–H and O–H groups in total. The zero-order valence-electron chi connectivity index (χ0n) is 16.7. The van der Waals surface area contributed by atoms with E-state index < -0.39 is 11.9 Å². The lowest BCUT2D eigenvalue weighted by Crippen LogP contribution is -2.04. The van der Waals surface area contributed by atoms with Gasteiger partial charge in [0.2, 0.25) is 0 Å². The van der Waals surface area contributed by atoms with Crippen molar-refractivity contribution < 1.29 is 13.2 Å². The van der Waals surface area contributed by atoms with E-state index in [2.05, 4.69) is 46.1 Å². The van der Waals surface area contributed by atoms with E-state index in [0.29, 0.717) is 11.5 Å². The van der Waals surface area contributed by atoms with Crippen LogP contribution in [0.25, 0.3) is 22.8 Å². The fourth-order valence-corrected chi connectivity index (χ4v) is 3.05. The summed E-state index contributed by atoms with van der Waals surface area (Å²) in [4.78, 5) is 9.17. The van der Waals surface area contributed by atoms with Crippen LogP contribution in [-0.2, 0) is 19.0 Å². The first-order chi connectivity index (χ1) is 13.9. The van der Waals surface area contributed by atoms with E-state index in [1.165, 1.54) is 5.56 Å². The van der Waals surface area contributed by atoms with E-state index in [4.69, 9.17) is 0 Å². The lowest BCUT2D eigenvalue weighted by Gasteiger charge is -2.08. The number of halogens is 3. The van der Waals surface area contributed by atoms with Crippen LogP contribution in [0.15, 0.2) is 36.4 Å². The number of aryl methyl sites for hydroxylation is 2. The van der Waals surface area contributed by atoms with E-state index in [1.54, 1.807) is 6.07 Å². The van der Waals surface area contributed by atoms with Crippen molar-refractivity contribution in [1.82, 2.24) is 20.2 Å². The molecule has 4 nitrogen and oxygen atoms in total. The molecule has 0 fully saturated rings. The van der Waals surface area contributed by atoms with Crippen molar-refractivity contribution in [2.75, 3.05) is 0 Å². The molecule has 7 heteroatoms. The molecule has 0 aliphatic carbocycles. The number of aromatic nitrogens is 4. The molecule has 2 heterocycles. The number of H-pyrrole nitrogens is 1. The summed E-state index contributed by atoms with van der Waals surface area (Å²) >= 11 is 0. The Morgan fingerprint density at radius 3 is 2.21 bits per heavy atom. The number of alkyl halides is 3. The first-order valence-electron chi connectivity index (χ1n) is 10.0. The highest BCUT2D eigenvalue weighted by Crippen LogP contribution is 2.30. The highest BCUT2D eigenvalue weighted by Gasteiger charge is 2.34. The zero-order valence-corrected chi connectivity index (χ0v) is 16.7. The van der Waals surface area contributed by atoms with Crippen LogP contribution in [-0.4, -0.2) is 20.2 Å². The number of rotatable bonds is 8. The molecule has 2 aromatic heterocycles. The predicted octanol–water partition coefficient (Wildman–Crippen LogP) is 6.24. The molecule has 0 saturated carbocycles. The fraction of sp³-hybridized carbons (Fsp3) is 0.409. The van der Waals surface area contributed by atoms with Gasteiger partial charge in [-0.15, -0.1) is 0 Å². The smallest absolute Gasteiger partial charge is 0.276 e. The van der Waals surface area contributed by atoms with E-state index >= 15 is 0 Å². The summed E-state index contributed by atoms with van der Waals surface area (Å²) in [6, 6.07) is 10.8. The maximum absolute atomic E-state index is 12.9. The van der Waals surface area contributed by atoms with Gasteiger partial charge in [-0.3, -0.25) is 5.10 Å². The van der Waals surface area contributed by atoms with Crippen LogP contribution in [0, 0.1) is 0 Å². The summed E-state index contributed by atoms with van der Waals surface area (Å²) in [7, 11) is 0. The van der Waals surface area contributed by atoms with Crippen molar-refractivity contribution in [2.45, 2.75) is 58.5 Å². The summed E-state index contributed by atoms with van der Waals surface area (Å²) in [5, 5.41) is 5.85. The number of unbranched alkanes of at least 4 members (excludes halogenated alkanes) is 2. The summed E-state index contributed by atoms with van der Waals surface area (Å²) < 4.78 is 38.8. The lowest BCUT2D eigenvalue weighted by atomic mass is 10.1. The van der Waals surface area contributed by atoms with Crippen LogP contribution in [0.3, 0.4) is 0 Å². The van der Waals surface area contributed by atoms with Crippen molar-refractivity contribution in [3.05, 3.63) is 53.3 Å². The normalized spacial score (nSPS) is 11.8. The summed E-state index contributed by atoms with van der Waals surface area (Å²) in [6.45, 7) is 4.24.